The van der Waals surface area contributed by atoms with Gasteiger partial charge in [-0.1, -0.05) is 11.6 Å². The maximum atomic E-state index is 9.92. The Hall–Kier alpha value is -0.640. The summed E-state index contributed by atoms with van der Waals surface area (Å²) in [5.74, 6) is 0. The Labute approximate surface area is 90.2 Å². The molecule has 1 aliphatic carbocycles. The molecule has 2 heterocycles. The van der Waals surface area contributed by atoms with E-state index in [0.717, 1.165) is 27.9 Å². The summed E-state index contributed by atoms with van der Waals surface area (Å²) in [6.45, 7) is 0. The molecule has 14 heavy (non-hydrogen) atoms. The summed E-state index contributed by atoms with van der Waals surface area (Å²) in [5, 5.41) is 10.4. The molecule has 0 aromatic carbocycles. The molecular formula is C10H8ClNOS. The van der Waals surface area contributed by atoms with E-state index in [4.69, 9.17) is 11.6 Å². The van der Waals surface area contributed by atoms with Gasteiger partial charge in [-0.2, -0.15) is 0 Å². The molecule has 1 fully saturated rings. The molecule has 3 rings (SSSR count). The minimum atomic E-state index is -0.558. The van der Waals surface area contributed by atoms with Crippen molar-refractivity contribution < 1.29 is 5.11 Å². The van der Waals surface area contributed by atoms with E-state index >= 15 is 0 Å². The van der Waals surface area contributed by atoms with Crippen LogP contribution in [0.15, 0.2) is 18.2 Å². The lowest BCUT2D eigenvalue weighted by molar-refractivity contribution is 0.155. The van der Waals surface area contributed by atoms with Gasteiger partial charge in [0.2, 0.25) is 0 Å². The van der Waals surface area contributed by atoms with Crippen molar-refractivity contribution in [1.82, 2.24) is 4.98 Å². The molecule has 1 N–H and O–H groups in total. The molecule has 0 unspecified atom stereocenters. The first kappa shape index (κ1) is 8.65. The van der Waals surface area contributed by atoms with E-state index in [2.05, 4.69) is 4.98 Å². The molecule has 0 radical (unpaired) electrons. The van der Waals surface area contributed by atoms with Gasteiger partial charge in [0.25, 0.3) is 0 Å². The van der Waals surface area contributed by atoms with Crippen LogP contribution in [0.25, 0.3) is 10.2 Å². The van der Waals surface area contributed by atoms with E-state index in [1.807, 2.05) is 12.1 Å². The standard InChI is InChI=1S/C10H8ClNOS/c11-9-2-1-7-6(12-9)5-8(14-7)10(13)3-4-10/h1-2,5,13H,3-4H2. The highest BCUT2D eigenvalue weighted by Crippen LogP contribution is 2.48. The smallest absolute Gasteiger partial charge is 0.129 e. The van der Waals surface area contributed by atoms with Gasteiger partial charge in [0, 0.05) is 4.88 Å². The molecule has 2 nitrogen and oxygen atoms in total. The van der Waals surface area contributed by atoms with Crippen LogP contribution in [0, 0.1) is 0 Å². The number of fused-ring (bicyclic) bond motifs is 1. The van der Waals surface area contributed by atoms with Crippen LogP contribution in [0.5, 0.6) is 0 Å². The van der Waals surface area contributed by atoms with Gasteiger partial charge in [0.05, 0.1) is 15.8 Å². The van der Waals surface area contributed by atoms with E-state index < -0.39 is 5.60 Å². The third-order valence-electron chi connectivity index (χ3n) is 2.52. The molecule has 1 aliphatic rings. The van der Waals surface area contributed by atoms with Gasteiger partial charge >= 0.3 is 0 Å². The maximum Gasteiger partial charge on any atom is 0.129 e. The molecule has 2 aromatic rings. The van der Waals surface area contributed by atoms with Crippen molar-refractivity contribution >= 4 is 33.2 Å². The predicted octanol–water partition coefficient (Wildman–Crippen LogP) is 2.93. The molecule has 0 aliphatic heterocycles. The highest BCUT2D eigenvalue weighted by molar-refractivity contribution is 7.19. The van der Waals surface area contributed by atoms with Gasteiger partial charge in [-0.15, -0.1) is 11.3 Å². The fourth-order valence-electron chi connectivity index (χ4n) is 1.49. The zero-order chi connectivity index (χ0) is 9.76. The number of halogens is 1. The monoisotopic (exact) mass is 225 g/mol. The highest BCUT2D eigenvalue weighted by Gasteiger charge is 2.43. The summed E-state index contributed by atoms with van der Waals surface area (Å²) in [7, 11) is 0. The summed E-state index contributed by atoms with van der Waals surface area (Å²) < 4.78 is 1.09. The third-order valence-corrected chi connectivity index (χ3v) is 4.02. The van der Waals surface area contributed by atoms with Gasteiger partial charge in [0.15, 0.2) is 0 Å². The second kappa shape index (κ2) is 2.69. The highest BCUT2D eigenvalue weighted by atomic mass is 35.5. The Kier molecular flexibility index (Phi) is 1.66. The first-order chi connectivity index (χ1) is 6.67. The molecule has 0 saturated heterocycles. The largest absolute Gasteiger partial charge is 0.384 e. The lowest BCUT2D eigenvalue weighted by atomic mass is 10.2. The topological polar surface area (TPSA) is 33.1 Å². The van der Waals surface area contributed by atoms with Crippen molar-refractivity contribution in [2.75, 3.05) is 0 Å². The van der Waals surface area contributed by atoms with Crippen molar-refractivity contribution in [3.05, 3.63) is 28.2 Å². The van der Waals surface area contributed by atoms with Crippen LogP contribution < -0.4 is 0 Å². The molecule has 0 spiro atoms. The number of aromatic nitrogens is 1. The van der Waals surface area contributed by atoms with Crippen molar-refractivity contribution in [2.45, 2.75) is 18.4 Å². The quantitative estimate of drug-likeness (QED) is 0.757. The second-order valence-electron chi connectivity index (χ2n) is 3.66. The summed E-state index contributed by atoms with van der Waals surface area (Å²) in [6.07, 6.45) is 1.74. The number of hydrogen-bond acceptors (Lipinski definition) is 3. The van der Waals surface area contributed by atoms with Crippen LogP contribution >= 0.6 is 22.9 Å². The fourth-order valence-corrected chi connectivity index (χ4v) is 2.79. The average Bonchev–Trinajstić information content (AvgIpc) is 2.77. The van der Waals surface area contributed by atoms with Crippen LogP contribution in [0.2, 0.25) is 5.15 Å². The van der Waals surface area contributed by atoms with Crippen molar-refractivity contribution in [3.63, 3.8) is 0 Å². The minimum Gasteiger partial charge on any atom is -0.384 e. The second-order valence-corrected chi connectivity index (χ2v) is 5.13. The van der Waals surface area contributed by atoms with Crippen molar-refractivity contribution in [2.24, 2.45) is 0 Å². The zero-order valence-electron chi connectivity index (χ0n) is 7.33. The van der Waals surface area contributed by atoms with Crippen molar-refractivity contribution in [1.29, 1.82) is 0 Å². The molecular weight excluding hydrogens is 218 g/mol. The lowest BCUT2D eigenvalue weighted by Gasteiger charge is -2.00. The first-order valence-corrected chi connectivity index (χ1v) is 5.66. The van der Waals surface area contributed by atoms with Crippen LogP contribution in [-0.2, 0) is 5.60 Å². The van der Waals surface area contributed by atoms with Crippen LogP contribution in [-0.4, -0.2) is 10.1 Å². The molecule has 0 bridgehead atoms. The van der Waals surface area contributed by atoms with Crippen molar-refractivity contribution in [3.8, 4) is 0 Å². The first-order valence-electron chi connectivity index (χ1n) is 4.46. The molecule has 1 saturated carbocycles. The van der Waals surface area contributed by atoms with E-state index in [9.17, 15) is 5.11 Å². The summed E-state index contributed by atoms with van der Waals surface area (Å²) in [4.78, 5) is 5.22. The SMILES string of the molecule is OC1(c2cc3nc(Cl)ccc3s2)CC1. The van der Waals surface area contributed by atoms with Gasteiger partial charge in [-0.25, -0.2) is 4.98 Å². The molecule has 0 amide bonds. The third kappa shape index (κ3) is 1.24. The number of thiophene rings is 1. The van der Waals surface area contributed by atoms with Gasteiger partial charge in [-0.3, -0.25) is 0 Å². The number of rotatable bonds is 1. The number of aliphatic hydroxyl groups is 1. The van der Waals surface area contributed by atoms with Crippen LogP contribution in [0.3, 0.4) is 0 Å². The molecule has 72 valence electrons. The lowest BCUT2D eigenvalue weighted by Crippen LogP contribution is -1.99. The maximum absolute atomic E-state index is 9.92. The Morgan fingerprint density at radius 1 is 1.43 bits per heavy atom. The molecule has 2 aromatic heterocycles. The summed E-state index contributed by atoms with van der Waals surface area (Å²) in [5.41, 5.74) is 0.329. The Balaban J connectivity index is 2.20. The van der Waals surface area contributed by atoms with Crippen LogP contribution in [0.1, 0.15) is 17.7 Å². The summed E-state index contributed by atoms with van der Waals surface area (Å²) >= 11 is 7.39. The van der Waals surface area contributed by atoms with Gasteiger partial charge < -0.3 is 5.11 Å². The predicted molar refractivity (Wildman–Crippen MR) is 57.8 cm³/mol. The number of hydrogen-bond donors (Lipinski definition) is 1. The normalized spacial score (nSPS) is 18.7. The number of nitrogens with zero attached hydrogens (tertiary/aromatic N) is 1. The van der Waals surface area contributed by atoms with Gasteiger partial charge in [-0.05, 0) is 31.0 Å². The Bertz CT molecular complexity index is 504. The van der Waals surface area contributed by atoms with E-state index in [-0.39, 0.29) is 0 Å². The van der Waals surface area contributed by atoms with E-state index in [0.29, 0.717) is 5.15 Å². The average molecular weight is 226 g/mol. The van der Waals surface area contributed by atoms with Crippen LogP contribution in [0.4, 0.5) is 0 Å². The zero-order valence-corrected chi connectivity index (χ0v) is 8.90. The molecule has 0 atom stereocenters. The molecule has 4 heteroatoms. The summed E-state index contributed by atoms with van der Waals surface area (Å²) in [6, 6.07) is 5.67. The number of pyridine rings is 1. The fraction of sp³-hybridized carbons (Fsp3) is 0.300. The van der Waals surface area contributed by atoms with E-state index in [1.165, 1.54) is 0 Å². The minimum absolute atomic E-state index is 0.504. The Morgan fingerprint density at radius 3 is 2.93 bits per heavy atom. The van der Waals surface area contributed by atoms with Gasteiger partial charge in [0.1, 0.15) is 5.15 Å². The Morgan fingerprint density at radius 2 is 2.21 bits per heavy atom. The van der Waals surface area contributed by atoms with E-state index in [1.54, 1.807) is 17.4 Å².